The fourth-order valence-corrected chi connectivity index (χ4v) is 2.24. The fourth-order valence-electron chi connectivity index (χ4n) is 2.24. The third kappa shape index (κ3) is 6.21. The monoisotopic (exact) mass is 287 g/mol. The summed E-state index contributed by atoms with van der Waals surface area (Å²) < 4.78 is 0. The van der Waals surface area contributed by atoms with Crippen LogP contribution in [0.3, 0.4) is 0 Å². The number of aliphatic carboxylic acids is 1. The van der Waals surface area contributed by atoms with E-state index in [4.69, 9.17) is 10.2 Å². The molecule has 0 bridgehead atoms. The van der Waals surface area contributed by atoms with Gasteiger partial charge in [-0.3, -0.25) is 4.90 Å². The maximum Gasteiger partial charge on any atom is 0.332 e. The second-order valence-corrected chi connectivity index (χ2v) is 5.23. The Morgan fingerprint density at radius 1 is 1.20 bits per heavy atom. The Balaban J connectivity index is 2.11. The quantitative estimate of drug-likeness (QED) is 0.528. The number of amides is 2. The van der Waals surface area contributed by atoms with Crippen LogP contribution in [0.5, 0.6) is 0 Å². The average Bonchev–Trinajstić information content (AvgIpc) is 2.45. The number of aliphatic hydroxyl groups excluding tert-OH is 1. The normalized spacial score (nSPS) is 19.1. The number of piperidine rings is 1. The van der Waals surface area contributed by atoms with Gasteiger partial charge in [0.2, 0.25) is 0 Å². The van der Waals surface area contributed by atoms with E-state index in [1.54, 1.807) is 0 Å². The van der Waals surface area contributed by atoms with Crippen molar-refractivity contribution in [3.8, 4) is 0 Å². The summed E-state index contributed by atoms with van der Waals surface area (Å²) in [4.78, 5) is 24.3. The van der Waals surface area contributed by atoms with Gasteiger partial charge in [0.15, 0.2) is 6.10 Å². The summed E-state index contributed by atoms with van der Waals surface area (Å²) in [6.07, 6.45) is 2.28. The summed E-state index contributed by atoms with van der Waals surface area (Å²) >= 11 is 0. The van der Waals surface area contributed by atoms with Crippen molar-refractivity contribution in [2.45, 2.75) is 44.8 Å². The molecular formula is C13H25N3O4. The third-order valence-corrected chi connectivity index (χ3v) is 3.56. The lowest BCUT2D eigenvalue weighted by Gasteiger charge is -2.32. The standard InChI is InChI=1S/C13H25N3O4/c1-10(16-7-3-2-4-8-16)9-15-13(20)14-6-5-11(17)12(18)19/h10-11,17H,2-9H2,1H3,(H,18,19)(H2,14,15,20). The van der Waals surface area contributed by atoms with Crippen molar-refractivity contribution in [2.75, 3.05) is 26.2 Å². The van der Waals surface area contributed by atoms with E-state index in [9.17, 15) is 9.59 Å². The molecule has 0 radical (unpaired) electrons. The van der Waals surface area contributed by atoms with Gasteiger partial charge in [0, 0.05) is 25.6 Å². The summed E-state index contributed by atoms with van der Waals surface area (Å²) in [6, 6.07) is -0.0305. The molecule has 20 heavy (non-hydrogen) atoms. The van der Waals surface area contributed by atoms with E-state index in [-0.39, 0.29) is 19.0 Å². The molecule has 116 valence electrons. The van der Waals surface area contributed by atoms with E-state index in [1.807, 2.05) is 0 Å². The average molecular weight is 287 g/mol. The third-order valence-electron chi connectivity index (χ3n) is 3.56. The smallest absolute Gasteiger partial charge is 0.332 e. The molecule has 1 aliphatic rings. The lowest BCUT2D eigenvalue weighted by atomic mass is 10.1. The molecule has 0 spiro atoms. The zero-order valence-electron chi connectivity index (χ0n) is 12.0. The number of nitrogens with zero attached hydrogens (tertiary/aromatic N) is 1. The molecule has 2 atom stereocenters. The molecule has 1 aliphatic heterocycles. The first-order valence-electron chi connectivity index (χ1n) is 7.17. The maximum absolute atomic E-state index is 11.5. The maximum atomic E-state index is 11.5. The molecule has 1 heterocycles. The lowest BCUT2D eigenvalue weighted by molar-refractivity contribution is -0.146. The predicted molar refractivity (Wildman–Crippen MR) is 74.5 cm³/mol. The number of nitrogens with one attached hydrogen (secondary N) is 2. The van der Waals surface area contributed by atoms with Gasteiger partial charge in [-0.2, -0.15) is 0 Å². The topological polar surface area (TPSA) is 102 Å². The highest BCUT2D eigenvalue weighted by Gasteiger charge is 2.17. The largest absolute Gasteiger partial charge is 0.479 e. The van der Waals surface area contributed by atoms with Crippen molar-refractivity contribution < 1.29 is 19.8 Å². The van der Waals surface area contributed by atoms with Crippen molar-refractivity contribution >= 4 is 12.0 Å². The molecule has 0 saturated carbocycles. The summed E-state index contributed by atoms with van der Waals surface area (Å²) in [5, 5.41) is 22.8. The molecular weight excluding hydrogens is 262 g/mol. The number of hydrogen-bond acceptors (Lipinski definition) is 4. The molecule has 2 unspecified atom stereocenters. The predicted octanol–water partition coefficient (Wildman–Crippen LogP) is -0.00440. The fraction of sp³-hybridized carbons (Fsp3) is 0.846. The molecule has 7 nitrogen and oxygen atoms in total. The van der Waals surface area contributed by atoms with Gasteiger partial charge in [-0.1, -0.05) is 6.42 Å². The van der Waals surface area contributed by atoms with E-state index in [0.717, 1.165) is 13.1 Å². The van der Waals surface area contributed by atoms with Crippen molar-refractivity contribution in [3.05, 3.63) is 0 Å². The van der Waals surface area contributed by atoms with Crippen LogP contribution in [0.15, 0.2) is 0 Å². The summed E-state index contributed by atoms with van der Waals surface area (Å²) in [5.74, 6) is -1.27. The number of likely N-dealkylation sites (tertiary alicyclic amines) is 1. The van der Waals surface area contributed by atoms with Crippen molar-refractivity contribution in [1.82, 2.24) is 15.5 Å². The van der Waals surface area contributed by atoms with Crippen molar-refractivity contribution in [1.29, 1.82) is 0 Å². The van der Waals surface area contributed by atoms with Crippen LogP contribution >= 0.6 is 0 Å². The molecule has 0 aromatic rings. The van der Waals surface area contributed by atoms with Gasteiger partial charge in [-0.15, -0.1) is 0 Å². The van der Waals surface area contributed by atoms with Crippen LogP contribution in [0.4, 0.5) is 4.79 Å². The lowest BCUT2D eigenvalue weighted by Crippen LogP contribution is -2.47. The van der Waals surface area contributed by atoms with E-state index < -0.39 is 12.1 Å². The number of rotatable bonds is 7. The zero-order valence-corrected chi connectivity index (χ0v) is 12.0. The highest BCUT2D eigenvalue weighted by atomic mass is 16.4. The number of carbonyl (C=O) groups excluding carboxylic acids is 1. The Morgan fingerprint density at radius 2 is 1.85 bits per heavy atom. The summed E-state index contributed by atoms with van der Waals surface area (Å²) in [5.41, 5.74) is 0. The Bertz CT molecular complexity index is 319. The number of carboxylic acids is 1. The van der Waals surface area contributed by atoms with Crippen LogP contribution in [0, 0.1) is 0 Å². The molecule has 0 aliphatic carbocycles. The van der Waals surface area contributed by atoms with Crippen molar-refractivity contribution in [3.63, 3.8) is 0 Å². The minimum Gasteiger partial charge on any atom is -0.479 e. The minimum atomic E-state index is -1.43. The second-order valence-electron chi connectivity index (χ2n) is 5.23. The minimum absolute atomic E-state index is 0.00440. The molecule has 1 fully saturated rings. The van der Waals surface area contributed by atoms with Crippen LogP contribution < -0.4 is 10.6 Å². The molecule has 7 heteroatoms. The number of hydrogen-bond donors (Lipinski definition) is 4. The van der Waals surface area contributed by atoms with Gasteiger partial charge < -0.3 is 20.8 Å². The first-order valence-corrected chi connectivity index (χ1v) is 7.17. The number of carbonyl (C=O) groups is 2. The summed E-state index contributed by atoms with van der Waals surface area (Å²) in [6.45, 7) is 4.94. The SMILES string of the molecule is CC(CNC(=O)NCCC(O)C(=O)O)N1CCCCC1. The van der Waals surface area contributed by atoms with Gasteiger partial charge in [-0.05, 0) is 32.9 Å². The molecule has 1 saturated heterocycles. The second kappa shape index (κ2) is 8.76. The van der Waals surface area contributed by atoms with Crippen molar-refractivity contribution in [2.24, 2.45) is 0 Å². The van der Waals surface area contributed by atoms with Crippen LogP contribution in [-0.2, 0) is 4.79 Å². The Morgan fingerprint density at radius 3 is 2.45 bits per heavy atom. The number of aliphatic hydroxyl groups is 1. The van der Waals surface area contributed by atoms with Crippen LogP contribution in [-0.4, -0.2) is 65.4 Å². The summed E-state index contributed by atoms with van der Waals surface area (Å²) in [7, 11) is 0. The Kier molecular flexibility index (Phi) is 7.32. The van der Waals surface area contributed by atoms with Crippen LogP contribution in [0.2, 0.25) is 0 Å². The van der Waals surface area contributed by atoms with E-state index >= 15 is 0 Å². The Hall–Kier alpha value is -1.34. The highest BCUT2D eigenvalue weighted by Crippen LogP contribution is 2.11. The van der Waals surface area contributed by atoms with Crippen LogP contribution in [0.1, 0.15) is 32.6 Å². The van der Waals surface area contributed by atoms with Gasteiger partial charge in [0.05, 0.1) is 0 Å². The molecule has 2 amide bonds. The number of carboxylic acid groups (broad SMARTS) is 1. The van der Waals surface area contributed by atoms with E-state index in [1.165, 1.54) is 19.3 Å². The van der Waals surface area contributed by atoms with E-state index in [0.29, 0.717) is 12.6 Å². The van der Waals surface area contributed by atoms with E-state index in [2.05, 4.69) is 22.5 Å². The number of urea groups is 1. The first-order chi connectivity index (χ1) is 9.50. The molecule has 0 aromatic carbocycles. The molecule has 0 aromatic heterocycles. The Labute approximate surface area is 119 Å². The zero-order chi connectivity index (χ0) is 15.0. The highest BCUT2D eigenvalue weighted by molar-refractivity contribution is 5.74. The van der Waals surface area contributed by atoms with Crippen LogP contribution in [0.25, 0.3) is 0 Å². The first kappa shape index (κ1) is 16.7. The molecule has 4 N–H and O–H groups in total. The molecule has 1 rings (SSSR count). The van der Waals surface area contributed by atoms with Gasteiger partial charge in [0.25, 0.3) is 0 Å². The van der Waals surface area contributed by atoms with Gasteiger partial charge >= 0.3 is 12.0 Å². The van der Waals surface area contributed by atoms with Gasteiger partial charge in [0.1, 0.15) is 0 Å². The van der Waals surface area contributed by atoms with Gasteiger partial charge in [-0.25, -0.2) is 9.59 Å².